The minimum atomic E-state index is -0.731. The summed E-state index contributed by atoms with van der Waals surface area (Å²) in [7, 11) is 2.10. The Hall–Kier alpha value is -2.19. The van der Waals surface area contributed by atoms with Gasteiger partial charge in [-0.1, -0.05) is 179 Å². The molecule has 0 aromatic rings. The maximum atomic E-state index is 12.6. The summed E-state index contributed by atoms with van der Waals surface area (Å²) in [6.45, 7) is 7.82. The predicted octanol–water partition coefficient (Wildman–Crippen LogP) is 16.8. The van der Waals surface area contributed by atoms with Gasteiger partial charge in [0.1, 0.15) is 0 Å². The van der Waals surface area contributed by atoms with Gasteiger partial charge in [0.25, 0.3) is 0 Å². The van der Waals surface area contributed by atoms with Gasteiger partial charge in [-0.3, -0.25) is 14.4 Å². The molecule has 8 heteroatoms. The Bertz CT molecular complexity index is 1130. The van der Waals surface area contributed by atoms with Crippen LogP contribution in [0.3, 0.4) is 0 Å². The molecular formula is C60H111NO7. The Labute approximate surface area is 420 Å². The van der Waals surface area contributed by atoms with Crippen molar-refractivity contribution in [1.82, 2.24) is 4.90 Å². The van der Waals surface area contributed by atoms with Crippen molar-refractivity contribution in [2.75, 3.05) is 40.0 Å². The number of nitrogens with zero attached hydrogens (tertiary/aromatic N) is 1. The van der Waals surface area contributed by atoms with Crippen LogP contribution in [0.25, 0.3) is 0 Å². The molecule has 1 N–H and O–H groups in total. The molecule has 0 unspecified atom stereocenters. The second-order valence-electron chi connectivity index (χ2n) is 20.9. The molecule has 1 heterocycles. The monoisotopic (exact) mass is 958 g/mol. The van der Waals surface area contributed by atoms with Crippen molar-refractivity contribution in [3.63, 3.8) is 0 Å². The molecule has 1 rings (SSSR count). The van der Waals surface area contributed by atoms with Crippen LogP contribution in [-0.2, 0) is 28.6 Å². The molecule has 0 aromatic carbocycles. The molecule has 1 aliphatic heterocycles. The van der Waals surface area contributed by atoms with E-state index in [0.29, 0.717) is 39.1 Å². The van der Waals surface area contributed by atoms with Gasteiger partial charge >= 0.3 is 17.9 Å². The first-order chi connectivity index (χ1) is 33.3. The standard InChI is InChI=1S/C60H111NO7/c1-4-6-8-10-12-14-16-18-20-22-24-26-28-30-36-44-57(62)66-53-41-34-32-38-48-60(65,50-40-43-55-68-59(64)56-46-51-61(3)52-47-56)49-39-33-35-42-54-67-58(63)45-37-31-29-27-25-23-21-19-17-15-13-11-9-7-5-2/h18-21,56,65H,4-17,22-55H2,1-3H3/b20-18-,21-19-. The van der Waals surface area contributed by atoms with Gasteiger partial charge in [0.2, 0.25) is 0 Å². The van der Waals surface area contributed by atoms with Gasteiger partial charge in [0.15, 0.2) is 0 Å². The molecule has 0 radical (unpaired) electrons. The van der Waals surface area contributed by atoms with Crippen LogP contribution >= 0.6 is 0 Å². The van der Waals surface area contributed by atoms with Crippen LogP contribution in [-0.4, -0.2) is 73.5 Å². The Morgan fingerprint density at radius 1 is 0.441 bits per heavy atom. The molecular weight excluding hydrogens is 847 g/mol. The Morgan fingerprint density at radius 3 is 1.16 bits per heavy atom. The average Bonchev–Trinajstić information content (AvgIpc) is 3.33. The number of carbonyl (C=O) groups excluding carboxylic acids is 3. The van der Waals surface area contributed by atoms with Gasteiger partial charge in [0, 0.05) is 12.8 Å². The van der Waals surface area contributed by atoms with Crippen molar-refractivity contribution in [2.45, 2.75) is 296 Å². The van der Waals surface area contributed by atoms with Crippen LogP contribution < -0.4 is 0 Å². The molecule has 1 aliphatic rings. The maximum Gasteiger partial charge on any atom is 0.309 e. The van der Waals surface area contributed by atoms with Gasteiger partial charge in [-0.2, -0.15) is 0 Å². The third kappa shape index (κ3) is 42.7. The van der Waals surface area contributed by atoms with Crippen molar-refractivity contribution in [3.8, 4) is 0 Å². The number of hydrogen-bond acceptors (Lipinski definition) is 8. The second kappa shape index (κ2) is 48.4. The number of ether oxygens (including phenoxy) is 3. The van der Waals surface area contributed by atoms with E-state index in [4.69, 9.17) is 14.2 Å². The van der Waals surface area contributed by atoms with E-state index in [2.05, 4.69) is 50.1 Å². The Kier molecular flexibility index (Phi) is 45.5. The predicted molar refractivity (Wildman–Crippen MR) is 287 cm³/mol. The number of allylic oxidation sites excluding steroid dienone is 4. The first-order valence-corrected chi connectivity index (χ1v) is 29.5. The number of aliphatic hydroxyl groups is 1. The second-order valence-corrected chi connectivity index (χ2v) is 20.9. The van der Waals surface area contributed by atoms with E-state index in [-0.39, 0.29) is 23.8 Å². The van der Waals surface area contributed by atoms with Gasteiger partial charge in [0.05, 0.1) is 31.3 Å². The molecule has 0 atom stereocenters. The number of likely N-dealkylation sites (tertiary alicyclic amines) is 1. The lowest BCUT2D eigenvalue weighted by atomic mass is 9.85. The highest BCUT2D eigenvalue weighted by Gasteiger charge is 2.27. The fraction of sp³-hybridized carbons (Fsp3) is 0.883. The van der Waals surface area contributed by atoms with Crippen LogP contribution in [0.1, 0.15) is 290 Å². The summed E-state index contributed by atoms with van der Waals surface area (Å²) in [6.07, 6.45) is 56.1. The van der Waals surface area contributed by atoms with Gasteiger partial charge in [-0.15, -0.1) is 0 Å². The first kappa shape index (κ1) is 63.8. The van der Waals surface area contributed by atoms with Crippen molar-refractivity contribution in [2.24, 2.45) is 5.92 Å². The number of piperidine rings is 1. The smallest absolute Gasteiger partial charge is 0.309 e. The van der Waals surface area contributed by atoms with Crippen molar-refractivity contribution < 1.29 is 33.7 Å². The van der Waals surface area contributed by atoms with Crippen LogP contribution in [0, 0.1) is 5.92 Å². The highest BCUT2D eigenvalue weighted by atomic mass is 16.5. The zero-order valence-corrected chi connectivity index (χ0v) is 45.2. The minimum absolute atomic E-state index is 0.0177. The molecule has 68 heavy (non-hydrogen) atoms. The zero-order valence-electron chi connectivity index (χ0n) is 45.2. The number of hydrogen-bond donors (Lipinski definition) is 1. The maximum absolute atomic E-state index is 12.6. The lowest BCUT2D eigenvalue weighted by Crippen LogP contribution is -2.34. The topological polar surface area (TPSA) is 102 Å². The summed E-state index contributed by atoms with van der Waals surface area (Å²) in [4.78, 5) is 39.4. The van der Waals surface area contributed by atoms with E-state index in [0.717, 1.165) is 129 Å². The van der Waals surface area contributed by atoms with Crippen LogP contribution in [0.5, 0.6) is 0 Å². The van der Waals surface area contributed by atoms with E-state index in [9.17, 15) is 19.5 Å². The Balaban J connectivity index is 2.20. The lowest BCUT2D eigenvalue weighted by molar-refractivity contribution is -0.150. The highest BCUT2D eigenvalue weighted by molar-refractivity contribution is 5.72. The fourth-order valence-corrected chi connectivity index (χ4v) is 9.48. The summed E-state index contributed by atoms with van der Waals surface area (Å²) in [5.41, 5.74) is -0.731. The first-order valence-electron chi connectivity index (χ1n) is 29.5. The normalized spacial score (nSPS) is 13.8. The third-order valence-corrected chi connectivity index (χ3v) is 14.2. The van der Waals surface area contributed by atoms with Crippen molar-refractivity contribution >= 4 is 17.9 Å². The number of rotatable bonds is 50. The molecule has 0 aromatic heterocycles. The van der Waals surface area contributed by atoms with E-state index in [1.54, 1.807) is 0 Å². The summed E-state index contributed by atoms with van der Waals surface area (Å²) in [5, 5.41) is 11.8. The van der Waals surface area contributed by atoms with Crippen LogP contribution in [0.2, 0.25) is 0 Å². The largest absolute Gasteiger partial charge is 0.466 e. The molecule has 0 spiro atoms. The average molecular weight is 959 g/mol. The minimum Gasteiger partial charge on any atom is -0.466 e. The van der Waals surface area contributed by atoms with Crippen LogP contribution in [0.4, 0.5) is 0 Å². The van der Waals surface area contributed by atoms with Crippen molar-refractivity contribution in [3.05, 3.63) is 24.3 Å². The zero-order chi connectivity index (χ0) is 49.3. The summed E-state index contributed by atoms with van der Waals surface area (Å²) >= 11 is 0. The number of unbranched alkanes of at least 4 members (excludes halogenated alkanes) is 29. The van der Waals surface area contributed by atoms with Gasteiger partial charge in [-0.05, 0) is 142 Å². The fourth-order valence-electron chi connectivity index (χ4n) is 9.48. The third-order valence-electron chi connectivity index (χ3n) is 14.2. The molecule has 0 aliphatic carbocycles. The van der Waals surface area contributed by atoms with Gasteiger partial charge < -0.3 is 24.2 Å². The van der Waals surface area contributed by atoms with E-state index >= 15 is 0 Å². The summed E-state index contributed by atoms with van der Waals surface area (Å²) in [5.74, 6) is -0.179. The van der Waals surface area contributed by atoms with E-state index in [1.165, 1.54) is 141 Å². The molecule has 0 saturated carbocycles. The van der Waals surface area contributed by atoms with Crippen molar-refractivity contribution in [1.29, 1.82) is 0 Å². The SMILES string of the molecule is CCCCCCCC/C=C\CCCCCCCC(=O)OCCCCCCC(O)(CCCCCCOC(=O)CCCCCCC/C=C\CCCCCCCC)CCCCOC(=O)C1CCN(C)CC1. The molecule has 1 saturated heterocycles. The summed E-state index contributed by atoms with van der Waals surface area (Å²) < 4.78 is 16.7. The number of esters is 3. The summed E-state index contributed by atoms with van der Waals surface area (Å²) in [6, 6.07) is 0. The molecule has 0 amide bonds. The molecule has 398 valence electrons. The van der Waals surface area contributed by atoms with Gasteiger partial charge in [-0.25, -0.2) is 0 Å². The van der Waals surface area contributed by atoms with E-state index in [1.807, 2.05) is 0 Å². The number of carbonyl (C=O) groups is 3. The quantitative estimate of drug-likeness (QED) is 0.0278. The highest BCUT2D eigenvalue weighted by Crippen LogP contribution is 2.29. The van der Waals surface area contributed by atoms with Crippen LogP contribution in [0.15, 0.2) is 24.3 Å². The molecule has 1 fully saturated rings. The van der Waals surface area contributed by atoms with E-state index < -0.39 is 5.60 Å². The lowest BCUT2D eigenvalue weighted by Gasteiger charge is -2.29. The molecule has 0 bridgehead atoms. The Morgan fingerprint density at radius 2 is 0.750 bits per heavy atom. The molecule has 8 nitrogen and oxygen atoms in total.